The molecular formula is C17H16N+. The minimum atomic E-state index is 1.02. The van der Waals surface area contributed by atoms with Crippen LogP contribution in [0.4, 0.5) is 0 Å². The number of nitrogens with zero attached hydrogens (tertiary/aromatic N) is 1. The first kappa shape index (κ1) is 11.0. The number of aromatic nitrogens is 1. The Morgan fingerprint density at radius 1 is 1.17 bits per heavy atom. The van der Waals surface area contributed by atoms with Gasteiger partial charge in [0, 0.05) is 12.1 Å². The lowest BCUT2D eigenvalue weighted by Gasteiger charge is -2.05. The van der Waals surface area contributed by atoms with Crippen molar-refractivity contribution in [1.29, 1.82) is 0 Å². The summed E-state index contributed by atoms with van der Waals surface area (Å²) in [6.45, 7) is 6.23. The monoisotopic (exact) mass is 234 g/mol. The van der Waals surface area contributed by atoms with Crippen LogP contribution in [0.5, 0.6) is 0 Å². The zero-order valence-corrected chi connectivity index (χ0v) is 10.6. The van der Waals surface area contributed by atoms with E-state index in [4.69, 9.17) is 0 Å². The van der Waals surface area contributed by atoms with E-state index in [0.717, 1.165) is 6.42 Å². The zero-order chi connectivity index (χ0) is 12.5. The minimum absolute atomic E-state index is 1.02. The van der Waals surface area contributed by atoms with E-state index in [2.05, 4.69) is 56.1 Å². The Morgan fingerprint density at radius 3 is 2.89 bits per heavy atom. The number of aryl methyl sites for hydroxylation is 1. The van der Waals surface area contributed by atoms with Crippen LogP contribution in [0, 0.1) is 24.2 Å². The third kappa shape index (κ3) is 1.68. The maximum atomic E-state index is 4.07. The molecule has 2 aromatic rings. The normalized spacial score (nSPS) is 14.9. The highest BCUT2D eigenvalue weighted by atomic mass is 14.8. The van der Waals surface area contributed by atoms with Crippen LogP contribution in [0.25, 0.3) is 6.08 Å². The molecule has 1 heterocycles. The first-order chi connectivity index (χ1) is 8.77. The highest BCUT2D eigenvalue weighted by molar-refractivity contribution is 5.46. The first-order valence-electron chi connectivity index (χ1n) is 6.21. The summed E-state index contributed by atoms with van der Waals surface area (Å²) in [5, 5.41) is 3.80. The lowest BCUT2D eigenvalue weighted by molar-refractivity contribution is -0.510. The molecule has 0 aliphatic heterocycles. The molecule has 18 heavy (non-hydrogen) atoms. The van der Waals surface area contributed by atoms with Crippen molar-refractivity contribution in [2.75, 3.05) is 0 Å². The van der Waals surface area contributed by atoms with E-state index in [1.165, 1.54) is 26.9 Å². The van der Waals surface area contributed by atoms with Gasteiger partial charge < -0.3 is 0 Å². The van der Waals surface area contributed by atoms with Gasteiger partial charge in [-0.15, -0.1) is 0 Å². The quantitative estimate of drug-likeness (QED) is 0.616. The smallest absolute Gasteiger partial charge is 0.174 e. The molecule has 3 rings (SSSR count). The molecule has 0 unspecified atom stereocenters. The molecule has 1 aromatic carbocycles. The van der Waals surface area contributed by atoms with Gasteiger partial charge in [0.1, 0.15) is 6.72 Å². The maximum Gasteiger partial charge on any atom is 0.218 e. The average Bonchev–Trinajstić information content (AvgIpc) is 2.40. The van der Waals surface area contributed by atoms with Crippen LogP contribution in [0.2, 0.25) is 0 Å². The largest absolute Gasteiger partial charge is 0.218 e. The van der Waals surface area contributed by atoms with Crippen molar-refractivity contribution < 1.29 is 4.24 Å². The molecule has 0 spiro atoms. The zero-order valence-electron chi connectivity index (χ0n) is 10.6. The molecule has 1 aromatic heterocycles. The van der Waals surface area contributed by atoms with Crippen LogP contribution < -0.4 is 9.46 Å². The molecule has 0 fully saturated rings. The summed E-state index contributed by atoms with van der Waals surface area (Å²) in [4.78, 5) is 0. The average molecular weight is 234 g/mol. The van der Waals surface area contributed by atoms with E-state index in [1.54, 1.807) is 0 Å². The van der Waals surface area contributed by atoms with Crippen molar-refractivity contribution >= 4 is 6.08 Å². The number of allylic oxidation sites excluding steroid dienone is 2. The molecule has 88 valence electrons. The van der Waals surface area contributed by atoms with E-state index >= 15 is 0 Å². The molecule has 0 bridgehead atoms. The molecule has 0 saturated heterocycles. The fraction of sp³-hybridized carbons (Fsp3) is 0.118. The molecule has 0 radical (unpaired) electrons. The second-order valence-corrected chi connectivity index (χ2v) is 4.68. The van der Waals surface area contributed by atoms with Crippen molar-refractivity contribution in [2.45, 2.75) is 13.3 Å². The second kappa shape index (κ2) is 4.26. The van der Waals surface area contributed by atoms with Gasteiger partial charge in [-0.1, -0.05) is 30.4 Å². The van der Waals surface area contributed by atoms with Gasteiger partial charge in [0.25, 0.3) is 0 Å². The second-order valence-electron chi connectivity index (χ2n) is 4.68. The summed E-state index contributed by atoms with van der Waals surface area (Å²) in [7, 11) is 0. The standard InChI is InChI=1S/C17H16N/c1-13-10-11-14-7-3-4-8-15(14)17(13)16-9-5-6-12-18(16)2/h3-6,8-12H,2,7H2,1H3/q+1. The molecule has 0 amide bonds. The summed E-state index contributed by atoms with van der Waals surface area (Å²) in [5.41, 5.74) is 2.69. The van der Waals surface area contributed by atoms with Crippen molar-refractivity contribution in [3.63, 3.8) is 0 Å². The predicted molar refractivity (Wildman–Crippen MR) is 73.2 cm³/mol. The molecule has 0 saturated carbocycles. The van der Waals surface area contributed by atoms with Crippen molar-refractivity contribution in [3.8, 4) is 0 Å². The van der Waals surface area contributed by atoms with Gasteiger partial charge >= 0.3 is 0 Å². The van der Waals surface area contributed by atoms with Gasteiger partial charge in [-0.05, 0) is 35.8 Å². The fourth-order valence-corrected chi connectivity index (χ4v) is 2.54. The SMILES string of the molecule is C=[n+]1ccccc1=c1c(C)ccc2c1=CC=CC2. The number of pyridine rings is 1. The van der Waals surface area contributed by atoms with Gasteiger partial charge in [-0.2, -0.15) is 4.24 Å². The van der Waals surface area contributed by atoms with E-state index in [9.17, 15) is 0 Å². The summed E-state index contributed by atoms with van der Waals surface area (Å²) in [6.07, 6.45) is 9.55. The van der Waals surface area contributed by atoms with E-state index in [-0.39, 0.29) is 0 Å². The molecule has 0 atom stereocenters. The lowest BCUT2D eigenvalue weighted by atomic mass is 9.99. The summed E-state index contributed by atoms with van der Waals surface area (Å²) >= 11 is 0. The minimum Gasteiger partial charge on any atom is -0.174 e. The third-order valence-electron chi connectivity index (χ3n) is 3.48. The fourth-order valence-electron chi connectivity index (χ4n) is 2.54. The summed E-state index contributed by atoms with van der Waals surface area (Å²) < 4.78 is 1.94. The number of hydrogen-bond donors (Lipinski definition) is 0. The number of rotatable bonds is 0. The summed E-state index contributed by atoms with van der Waals surface area (Å²) in [6, 6.07) is 10.6. The van der Waals surface area contributed by atoms with Gasteiger partial charge in [-0.25, -0.2) is 0 Å². The maximum absolute atomic E-state index is 4.07. The Labute approximate surface area is 106 Å². The van der Waals surface area contributed by atoms with Gasteiger partial charge in [0.2, 0.25) is 5.35 Å². The van der Waals surface area contributed by atoms with Crippen molar-refractivity contribution in [1.82, 2.24) is 0 Å². The van der Waals surface area contributed by atoms with Crippen LogP contribution in [-0.4, -0.2) is 0 Å². The van der Waals surface area contributed by atoms with Crippen LogP contribution in [0.15, 0.2) is 48.7 Å². The summed E-state index contributed by atoms with van der Waals surface area (Å²) in [5.74, 6) is 0. The van der Waals surface area contributed by atoms with Gasteiger partial charge in [0.05, 0.1) is 5.22 Å². The van der Waals surface area contributed by atoms with Crippen molar-refractivity contribution in [3.05, 3.63) is 82.3 Å². The Morgan fingerprint density at radius 2 is 2.06 bits per heavy atom. The van der Waals surface area contributed by atoms with E-state index < -0.39 is 0 Å². The molecular weight excluding hydrogens is 218 g/mol. The van der Waals surface area contributed by atoms with Gasteiger partial charge in [0.15, 0.2) is 6.20 Å². The van der Waals surface area contributed by atoms with E-state index in [1.807, 2.05) is 16.5 Å². The Bertz CT molecular complexity index is 829. The lowest BCUT2D eigenvalue weighted by Crippen LogP contribution is -2.21. The van der Waals surface area contributed by atoms with Gasteiger partial charge in [-0.3, -0.25) is 0 Å². The molecule has 0 N–H and O–H groups in total. The molecule has 1 aliphatic rings. The Balaban J connectivity index is 2.70. The number of hydrogen-bond acceptors (Lipinski definition) is 0. The molecule has 1 nitrogen and oxygen atoms in total. The van der Waals surface area contributed by atoms with Crippen LogP contribution in [0.3, 0.4) is 0 Å². The molecule has 1 aliphatic carbocycles. The van der Waals surface area contributed by atoms with Crippen molar-refractivity contribution in [2.24, 2.45) is 0 Å². The number of benzene rings is 1. The van der Waals surface area contributed by atoms with Crippen LogP contribution >= 0.6 is 0 Å². The molecule has 1 heteroatoms. The van der Waals surface area contributed by atoms with E-state index in [0.29, 0.717) is 0 Å². The van der Waals surface area contributed by atoms with Crippen LogP contribution in [-0.2, 0) is 6.42 Å². The van der Waals surface area contributed by atoms with Crippen LogP contribution in [0.1, 0.15) is 11.1 Å². The Hall–Kier alpha value is -2.15. The third-order valence-corrected chi connectivity index (χ3v) is 3.48. The predicted octanol–water partition coefficient (Wildman–Crippen LogP) is 2.10. The topological polar surface area (TPSA) is 5.90 Å². The highest BCUT2D eigenvalue weighted by Gasteiger charge is 2.04. The number of fused-ring (bicyclic) bond motifs is 1. The highest BCUT2D eigenvalue weighted by Crippen LogP contribution is 2.05. The first-order valence-corrected chi connectivity index (χ1v) is 6.21. The Kier molecular flexibility index (Phi) is 2.60.